The molecule has 0 atom stereocenters. The number of ether oxygens (including phenoxy) is 1. The van der Waals surface area contributed by atoms with Crippen molar-refractivity contribution in [3.05, 3.63) is 118 Å². The third-order valence-corrected chi connectivity index (χ3v) is 6.32. The van der Waals surface area contributed by atoms with Crippen molar-refractivity contribution in [3.63, 3.8) is 0 Å². The van der Waals surface area contributed by atoms with Crippen LogP contribution in [0.5, 0.6) is 0 Å². The number of fused-ring (bicyclic) bond motifs is 1. The minimum absolute atomic E-state index is 0.0768. The smallest absolute Gasteiger partial charge is 0.340 e. The zero-order valence-corrected chi connectivity index (χ0v) is 22.2. The van der Waals surface area contributed by atoms with Gasteiger partial charge in [0, 0.05) is 17.1 Å². The number of halogens is 2. The molecule has 0 spiro atoms. The number of anilines is 2. The highest BCUT2D eigenvalue weighted by molar-refractivity contribution is 6.36. The normalized spacial score (nSPS) is 10.7. The van der Waals surface area contributed by atoms with Crippen molar-refractivity contribution >= 4 is 63.4 Å². The minimum Gasteiger partial charge on any atom is -0.452 e. The van der Waals surface area contributed by atoms with E-state index >= 15 is 0 Å². The first-order valence-electron chi connectivity index (χ1n) is 12.0. The SMILES string of the molecule is O=C(COC(=O)c1ccccc1NC(=O)c1cc(-c2ccccc2)nc2ccccc12)Nc1ncc(Cl)cc1Cl. The Labute approximate surface area is 238 Å². The van der Waals surface area contributed by atoms with Gasteiger partial charge < -0.3 is 15.4 Å². The molecular weight excluding hydrogens is 551 g/mol. The van der Waals surface area contributed by atoms with E-state index in [1.165, 1.54) is 18.3 Å². The largest absolute Gasteiger partial charge is 0.452 e. The van der Waals surface area contributed by atoms with Gasteiger partial charge in [-0.2, -0.15) is 0 Å². The zero-order valence-electron chi connectivity index (χ0n) is 20.7. The van der Waals surface area contributed by atoms with E-state index in [0.29, 0.717) is 27.2 Å². The third-order valence-electron chi connectivity index (χ3n) is 5.83. The first kappa shape index (κ1) is 26.8. The molecule has 10 heteroatoms. The number of aromatic nitrogens is 2. The maximum absolute atomic E-state index is 13.5. The Morgan fingerprint density at radius 3 is 2.33 bits per heavy atom. The van der Waals surface area contributed by atoms with Gasteiger partial charge in [0.1, 0.15) is 0 Å². The van der Waals surface area contributed by atoms with Crippen LogP contribution in [0, 0.1) is 0 Å². The van der Waals surface area contributed by atoms with Gasteiger partial charge in [-0.1, -0.05) is 83.9 Å². The summed E-state index contributed by atoms with van der Waals surface area (Å²) in [6, 6.07) is 26.4. The molecule has 198 valence electrons. The fourth-order valence-corrected chi connectivity index (χ4v) is 4.39. The monoisotopic (exact) mass is 570 g/mol. The second-order valence-electron chi connectivity index (χ2n) is 8.55. The van der Waals surface area contributed by atoms with E-state index in [2.05, 4.69) is 15.6 Å². The fourth-order valence-electron chi connectivity index (χ4n) is 3.96. The number of rotatable bonds is 7. The zero-order chi connectivity index (χ0) is 28.1. The molecule has 0 saturated heterocycles. The number of nitrogens with zero attached hydrogens (tertiary/aromatic N) is 2. The number of nitrogens with one attached hydrogen (secondary N) is 2. The van der Waals surface area contributed by atoms with Gasteiger partial charge in [0.2, 0.25) is 0 Å². The van der Waals surface area contributed by atoms with Crippen LogP contribution in [0.25, 0.3) is 22.2 Å². The van der Waals surface area contributed by atoms with Crippen molar-refractivity contribution in [2.24, 2.45) is 0 Å². The number of hydrogen-bond donors (Lipinski definition) is 2. The minimum atomic E-state index is -0.800. The lowest BCUT2D eigenvalue weighted by Crippen LogP contribution is -2.22. The van der Waals surface area contributed by atoms with Crippen molar-refractivity contribution in [2.45, 2.75) is 0 Å². The summed E-state index contributed by atoms with van der Waals surface area (Å²) in [4.78, 5) is 47.4. The van der Waals surface area contributed by atoms with E-state index in [1.54, 1.807) is 24.3 Å². The number of benzene rings is 3. The predicted octanol–water partition coefficient (Wildman–Crippen LogP) is 6.65. The predicted molar refractivity (Wildman–Crippen MR) is 155 cm³/mol. The molecule has 8 nitrogen and oxygen atoms in total. The molecule has 3 aromatic carbocycles. The lowest BCUT2D eigenvalue weighted by molar-refractivity contribution is -0.119. The fraction of sp³-hybridized carbons (Fsp3) is 0.0333. The van der Waals surface area contributed by atoms with E-state index in [-0.39, 0.29) is 22.1 Å². The summed E-state index contributed by atoms with van der Waals surface area (Å²) >= 11 is 11.8. The molecule has 5 aromatic rings. The number of carbonyl (C=O) groups excluding carboxylic acids is 3. The Bertz CT molecular complexity index is 1750. The molecule has 0 bridgehead atoms. The highest BCUT2D eigenvalue weighted by atomic mass is 35.5. The molecule has 5 rings (SSSR count). The van der Waals surface area contributed by atoms with Crippen molar-refractivity contribution in [1.82, 2.24) is 9.97 Å². The summed E-state index contributed by atoms with van der Waals surface area (Å²) in [5.41, 5.74) is 2.84. The number of amides is 2. The average molecular weight is 571 g/mol. The standard InChI is InChI=1S/C30H20Cl2N4O4/c31-19-14-23(32)28(33-16-19)36-27(37)17-40-30(39)21-11-5-7-13-25(21)35-29(38)22-15-26(18-8-2-1-3-9-18)34-24-12-6-4-10-20(22)24/h1-16H,17H2,(H,35,38)(H,33,36,37). The number of para-hydroxylation sites is 2. The van der Waals surface area contributed by atoms with Crippen molar-refractivity contribution in [1.29, 1.82) is 0 Å². The highest BCUT2D eigenvalue weighted by Gasteiger charge is 2.19. The summed E-state index contributed by atoms with van der Waals surface area (Å²) in [5.74, 6) is -1.80. The van der Waals surface area contributed by atoms with Crippen LogP contribution in [0.1, 0.15) is 20.7 Å². The van der Waals surface area contributed by atoms with Crippen molar-refractivity contribution in [3.8, 4) is 11.3 Å². The third kappa shape index (κ3) is 6.09. The summed E-state index contributed by atoms with van der Waals surface area (Å²) in [6.45, 7) is -0.600. The van der Waals surface area contributed by atoms with Gasteiger partial charge >= 0.3 is 5.97 Å². The van der Waals surface area contributed by atoms with Crippen molar-refractivity contribution < 1.29 is 19.1 Å². The number of pyridine rings is 2. The van der Waals surface area contributed by atoms with Gasteiger partial charge in [0.05, 0.1) is 38.1 Å². The van der Waals surface area contributed by atoms with Crippen LogP contribution in [0.2, 0.25) is 10.0 Å². The number of esters is 1. The van der Waals surface area contributed by atoms with Crippen LogP contribution in [-0.4, -0.2) is 34.4 Å². The second kappa shape index (κ2) is 11.9. The number of carbonyl (C=O) groups is 3. The molecule has 0 saturated carbocycles. The molecule has 0 unspecified atom stereocenters. The molecule has 2 aromatic heterocycles. The molecule has 0 aliphatic rings. The van der Waals surface area contributed by atoms with Gasteiger partial charge in [0.15, 0.2) is 12.4 Å². The Hall–Kier alpha value is -4.79. The molecule has 0 fully saturated rings. The van der Waals surface area contributed by atoms with E-state index in [4.69, 9.17) is 32.9 Å². The van der Waals surface area contributed by atoms with Crippen LogP contribution >= 0.6 is 23.2 Å². The summed E-state index contributed by atoms with van der Waals surface area (Å²) in [5, 5.41) is 6.37. The van der Waals surface area contributed by atoms with Crippen molar-refractivity contribution in [2.75, 3.05) is 17.2 Å². The maximum Gasteiger partial charge on any atom is 0.340 e. The van der Waals surface area contributed by atoms with E-state index in [0.717, 1.165) is 5.56 Å². The molecule has 0 aliphatic heterocycles. The Balaban J connectivity index is 1.34. The summed E-state index contributed by atoms with van der Waals surface area (Å²) in [6.07, 6.45) is 1.32. The summed E-state index contributed by atoms with van der Waals surface area (Å²) < 4.78 is 5.19. The molecule has 0 aliphatic carbocycles. The molecule has 2 amide bonds. The number of hydrogen-bond acceptors (Lipinski definition) is 6. The first-order chi connectivity index (χ1) is 19.4. The van der Waals surface area contributed by atoms with Crippen LogP contribution in [0.15, 0.2) is 97.2 Å². The van der Waals surface area contributed by atoms with E-state index in [9.17, 15) is 14.4 Å². The van der Waals surface area contributed by atoms with E-state index in [1.807, 2.05) is 54.6 Å². The van der Waals surface area contributed by atoms with Crippen LogP contribution in [-0.2, 0) is 9.53 Å². The Morgan fingerprint density at radius 1 is 0.800 bits per heavy atom. The second-order valence-corrected chi connectivity index (χ2v) is 9.39. The van der Waals surface area contributed by atoms with Gasteiger partial charge in [0.25, 0.3) is 11.8 Å². The van der Waals surface area contributed by atoms with Gasteiger partial charge in [-0.05, 0) is 30.3 Å². The molecular formula is C30H20Cl2N4O4. The van der Waals surface area contributed by atoms with Crippen LogP contribution in [0.3, 0.4) is 0 Å². The molecule has 40 heavy (non-hydrogen) atoms. The quantitative estimate of drug-likeness (QED) is 0.212. The molecule has 2 heterocycles. The van der Waals surface area contributed by atoms with Gasteiger partial charge in [-0.25, -0.2) is 14.8 Å². The molecule has 0 radical (unpaired) electrons. The average Bonchev–Trinajstić information content (AvgIpc) is 2.97. The van der Waals surface area contributed by atoms with Crippen LogP contribution in [0.4, 0.5) is 11.5 Å². The lowest BCUT2D eigenvalue weighted by atomic mass is 10.0. The Kier molecular flexibility index (Phi) is 8.00. The van der Waals surface area contributed by atoms with E-state index < -0.39 is 24.4 Å². The first-order valence-corrected chi connectivity index (χ1v) is 12.8. The summed E-state index contributed by atoms with van der Waals surface area (Å²) in [7, 11) is 0. The van der Waals surface area contributed by atoms with Gasteiger partial charge in [-0.15, -0.1) is 0 Å². The van der Waals surface area contributed by atoms with Gasteiger partial charge in [-0.3, -0.25) is 9.59 Å². The highest BCUT2D eigenvalue weighted by Crippen LogP contribution is 2.27. The Morgan fingerprint density at radius 2 is 1.52 bits per heavy atom. The molecule has 2 N–H and O–H groups in total. The van der Waals surface area contributed by atoms with Crippen LogP contribution < -0.4 is 10.6 Å². The topological polar surface area (TPSA) is 110 Å². The maximum atomic E-state index is 13.5. The lowest BCUT2D eigenvalue weighted by Gasteiger charge is -2.13.